The Labute approximate surface area is 134 Å². The minimum absolute atomic E-state index is 0.0952. The molecule has 0 aliphatic heterocycles. The maximum atomic E-state index is 6.85. The summed E-state index contributed by atoms with van der Waals surface area (Å²) in [4.78, 5) is 0. The van der Waals surface area contributed by atoms with Gasteiger partial charge >= 0.3 is 0 Å². The molecule has 6 unspecified atom stereocenters. The van der Waals surface area contributed by atoms with Crippen molar-refractivity contribution >= 4 is 16.5 Å². The van der Waals surface area contributed by atoms with Gasteiger partial charge < -0.3 is 11.1 Å². The third kappa shape index (κ3) is 3.20. The Balaban J connectivity index is 2.03. The van der Waals surface area contributed by atoms with Gasteiger partial charge in [-0.2, -0.15) is 0 Å². The van der Waals surface area contributed by atoms with E-state index in [2.05, 4.69) is 41.9 Å². The van der Waals surface area contributed by atoms with Crippen LogP contribution in [0, 0.1) is 23.7 Å². The van der Waals surface area contributed by atoms with Crippen molar-refractivity contribution in [3.8, 4) is 0 Å². The van der Waals surface area contributed by atoms with Gasteiger partial charge in [-0.15, -0.1) is 9.24 Å². The summed E-state index contributed by atoms with van der Waals surface area (Å²) in [5.74, 6) is 3.78. The minimum atomic E-state index is 0.0952. The van der Waals surface area contributed by atoms with Crippen LogP contribution in [0.1, 0.15) is 47.0 Å². The first-order chi connectivity index (χ1) is 9.81. The third-order valence-corrected chi connectivity index (χ3v) is 7.39. The van der Waals surface area contributed by atoms with Crippen molar-refractivity contribution in [3.05, 3.63) is 12.3 Å². The molecule has 2 rings (SSSR count). The monoisotopic (exact) mass is 308 g/mol. The zero-order valence-corrected chi connectivity index (χ0v) is 15.5. The Morgan fingerprint density at radius 3 is 2.76 bits per heavy atom. The maximum Gasteiger partial charge on any atom is 0.148 e. The van der Waals surface area contributed by atoms with E-state index in [9.17, 15) is 0 Å². The molecule has 3 N–H and O–H groups in total. The Hall–Kier alpha value is -0.00506. The normalized spacial score (nSPS) is 43.4. The Morgan fingerprint density at radius 1 is 1.52 bits per heavy atom. The summed E-state index contributed by atoms with van der Waals surface area (Å²) in [7, 11) is 4.42. The molecule has 21 heavy (non-hydrogen) atoms. The summed E-state index contributed by atoms with van der Waals surface area (Å²) in [6, 6.07) is 0. The quantitative estimate of drug-likeness (QED) is 0.585. The average molecular weight is 308 g/mol. The van der Waals surface area contributed by atoms with Crippen LogP contribution in [0.3, 0.4) is 0 Å². The smallest absolute Gasteiger partial charge is 0.148 e. The molecule has 0 amide bonds. The molecule has 2 aliphatic rings. The summed E-state index contributed by atoms with van der Waals surface area (Å²) >= 11 is 0. The van der Waals surface area contributed by atoms with Gasteiger partial charge in [0.15, 0.2) is 0 Å². The molecule has 0 aromatic rings. The molecule has 0 aromatic heterocycles. The largest absolute Gasteiger partial charge is 0.397 e. The number of rotatable bonds is 6. The minimum Gasteiger partial charge on any atom is -0.397 e. The van der Waals surface area contributed by atoms with Crippen LogP contribution in [0.2, 0.25) is 5.82 Å². The van der Waals surface area contributed by atoms with Gasteiger partial charge in [0.1, 0.15) is 7.28 Å². The summed E-state index contributed by atoms with van der Waals surface area (Å²) in [5, 5.41) is 3.38. The van der Waals surface area contributed by atoms with Gasteiger partial charge in [-0.1, -0.05) is 33.2 Å². The highest BCUT2D eigenvalue weighted by Crippen LogP contribution is 2.58. The summed E-state index contributed by atoms with van der Waals surface area (Å²) in [6.07, 6.45) is 4.85. The van der Waals surface area contributed by atoms with Gasteiger partial charge in [-0.25, -0.2) is 0 Å². The van der Waals surface area contributed by atoms with E-state index in [1.165, 1.54) is 20.1 Å². The zero-order valence-electron chi connectivity index (χ0n) is 14.4. The number of fused-ring (bicyclic) bond motifs is 2. The third-order valence-electron chi connectivity index (χ3n) is 6.49. The number of hydrogen-bond donors (Lipinski definition) is 2. The molecule has 8 atom stereocenters. The summed E-state index contributed by atoms with van der Waals surface area (Å²) < 4.78 is 0. The molecule has 2 aliphatic carbocycles. The molecule has 0 aromatic carbocycles. The van der Waals surface area contributed by atoms with Crippen LogP contribution in [0.4, 0.5) is 0 Å². The van der Waals surface area contributed by atoms with Gasteiger partial charge in [-0.3, -0.25) is 0 Å². The van der Waals surface area contributed by atoms with Crippen molar-refractivity contribution in [2.75, 3.05) is 6.44 Å². The van der Waals surface area contributed by atoms with E-state index in [1.54, 1.807) is 0 Å². The van der Waals surface area contributed by atoms with E-state index < -0.39 is 0 Å². The fraction of sp³-hybridized carbons (Fsp3) is 0.882. The second kappa shape index (κ2) is 6.63. The topological polar surface area (TPSA) is 38.0 Å². The molecule has 2 fully saturated rings. The van der Waals surface area contributed by atoms with E-state index in [1.807, 2.05) is 6.92 Å². The highest BCUT2D eigenvalue weighted by molar-refractivity contribution is 7.17. The van der Waals surface area contributed by atoms with Gasteiger partial charge in [0, 0.05) is 5.54 Å². The lowest BCUT2D eigenvalue weighted by atomic mass is 9.53. The van der Waals surface area contributed by atoms with Crippen LogP contribution in [0.5, 0.6) is 0 Å². The standard InChI is InChI=1S/C17H34BN2P/c1-6-17(19)13-7-11(4)15(17)16(21)14(8-13)12(5)18-9-20-10(2)3/h11-16,18,20H,2,6-9,19,21H2,1,3-5H3/t11-,12?,13-,14?,15?,16?,17?/m0/s1. The lowest BCUT2D eigenvalue weighted by Crippen LogP contribution is -2.57. The summed E-state index contributed by atoms with van der Waals surface area (Å²) in [5.41, 5.74) is 8.71. The fourth-order valence-electron chi connectivity index (χ4n) is 5.29. The van der Waals surface area contributed by atoms with Crippen molar-refractivity contribution < 1.29 is 0 Å². The Kier molecular flexibility index (Phi) is 5.48. The first-order valence-corrected chi connectivity index (χ1v) is 9.41. The second-order valence-electron chi connectivity index (χ2n) is 7.85. The predicted octanol–water partition coefficient (Wildman–Crippen LogP) is 2.96. The Morgan fingerprint density at radius 2 is 2.19 bits per heavy atom. The van der Waals surface area contributed by atoms with Crippen molar-refractivity contribution in [2.24, 2.45) is 29.4 Å². The van der Waals surface area contributed by atoms with Gasteiger partial charge in [0.25, 0.3) is 0 Å². The molecule has 120 valence electrons. The molecule has 0 radical (unpaired) electrons. The highest BCUT2D eigenvalue weighted by atomic mass is 31.0. The lowest BCUT2D eigenvalue weighted by molar-refractivity contribution is 0.122. The zero-order chi connectivity index (χ0) is 15.8. The molecule has 2 bridgehead atoms. The van der Waals surface area contributed by atoms with E-state index in [0.717, 1.165) is 42.1 Å². The first-order valence-electron chi connectivity index (χ1n) is 8.75. The highest BCUT2D eigenvalue weighted by Gasteiger charge is 2.57. The SMILES string of the molecule is C=C(C)NCBC(C)C1C[C@@H]2C[C@H](C)C(C1P)C2(N)CC. The maximum absolute atomic E-state index is 6.85. The molecule has 4 heteroatoms. The van der Waals surface area contributed by atoms with Crippen LogP contribution in [0.15, 0.2) is 12.3 Å². The van der Waals surface area contributed by atoms with Crippen LogP contribution >= 0.6 is 9.24 Å². The van der Waals surface area contributed by atoms with Gasteiger partial charge in [0.05, 0.1) is 0 Å². The van der Waals surface area contributed by atoms with E-state index >= 15 is 0 Å². The van der Waals surface area contributed by atoms with Crippen LogP contribution < -0.4 is 11.1 Å². The molecule has 0 spiro atoms. The van der Waals surface area contributed by atoms with E-state index in [0.29, 0.717) is 11.6 Å². The molecule has 2 saturated carbocycles. The van der Waals surface area contributed by atoms with E-state index in [-0.39, 0.29) is 5.54 Å². The van der Waals surface area contributed by atoms with Gasteiger partial charge in [0.2, 0.25) is 0 Å². The second-order valence-corrected chi connectivity index (χ2v) is 8.62. The number of allylic oxidation sites excluding steroid dienone is 1. The summed E-state index contributed by atoms with van der Waals surface area (Å²) in [6.45, 7) is 13.1. The molecular weight excluding hydrogens is 274 g/mol. The van der Waals surface area contributed by atoms with Crippen LogP contribution in [0.25, 0.3) is 0 Å². The Bertz CT molecular complexity index is 389. The van der Waals surface area contributed by atoms with Gasteiger partial charge in [-0.05, 0) is 67.7 Å². The van der Waals surface area contributed by atoms with Crippen LogP contribution in [-0.4, -0.2) is 24.9 Å². The van der Waals surface area contributed by atoms with Crippen molar-refractivity contribution in [1.82, 2.24) is 5.32 Å². The number of nitrogens with two attached hydrogens (primary N) is 1. The average Bonchev–Trinajstić information content (AvgIpc) is 2.56. The number of hydrogen-bond acceptors (Lipinski definition) is 2. The number of nitrogens with one attached hydrogen (secondary N) is 1. The van der Waals surface area contributed by atoms with Crippen LogP contribution in [-0.2, 0) is 0 Å². The predicted molar refractivity (Wildman–Crippen MR) is 99.0 cm³/mol. The first kappa shape index (κ1) is 17.4. The molecule has 2 nitrogen and oxygen atoms in total. The van der Waals surface area contributed by atoms with E-state index in [4.69, 9.17) is 5.73 Å². The molecule has 0 saturated heterocycles. The lowest BCUT2D eigenvalue weighted by Gasteiger charge is -2.50. The fourth-order valence-corrected chi connectivity index (χ4v) is 6.56. The molecular formula is C17H34BN2P. The molecule has 0 heterocycles. The van der Waals surface area contributed by atoms with Crippen molar-refractivity contribution in [1.29, 1.82) is 0 Å². The van der Waals surface area contributed by atoms with Crippen molar-refractivity contribution in [3.63, 3.8) is 0 Å². The van der Waals surface area contributed by atoms with Crippen molar-refractivity contribution in [2.45, 2.75) is 64.0 Å².